The van der Waals surface area contributed by atoms with E-state index in [1.54, 1.807) is 6.33 Å². The normalized spacial score (nSPS) is 10.9. The van der Waals surface area contributed by atoms with Crippen LogP contribution in [0.1, 0.15) is 11.1 Å². The molecule has 0 saturated carbocycles. The van der Waals surface area contributed by atoms with Crippen LogP contribution in [-0.2, 0) is 0 Å². The molecule has 0 radical (unpaired) electrons. The van der Waals surface area contributed by atoms with Gasteiger partial charge in [0.1, 0.15) is 6.33 Å². The van der Waals surface area contributed by atoms with Crippen LogP contribution in [0.25, 0.3) is 28.6 Å². The minimum atomic E-state index is 0.703. The number of aryl methyl sites for hydroxylation is 2. The standard InChI is InChI=1S/C19H17N5/c1-13-7-6-8-14(2)17(13)24-19(21-12-22-24)18-20-11-16(23-18)15-9-4-3-5-10-15/h3-12H,1-2H3,(H,20,23). The van der Waals surface area contributed by atoms with E-state index >= 15 is 0 Å². The molecular formula is C19H17N5. The third-order valence-electron chi connectivity index (χ3n) is 4.07. The molecule has 2 aromatic carbocycles. The Labute approximate surface area is 140 Å². The van der Waals surface area contributed by atoms with E-state index in [-0.39, 0.29) is 0 Å². The number of para-hydroxylation sites is 1. The highest BCUT2D eigenvalue weighted by atomic mass is 15.3. The van der Waals surface area contributed by atoms with Crippen molar-refractivity contribution in [3.05, 3.63) is 72.2 Å². The molecule has 0 aliphatic heterocycles. The third kappa shape index (κ3) is 2.40. The van der Waals surface area contributed by atoms with Gasteiger partial charge in [-0.25, -0.2) is 14.6 Å². The van der Waals surface area contributed by atoms with Crippen molar-refractivity contribution >= 4 is 0 Å². The molecule has 0 bridgehead atoms. The quantitative estimate of drug-likeness (QED) is 0.623. The van der Waals surface area contributed by atoms with Crippen LogP contribution in [0.5, 0.6) is 0 Å². The van der Waals surface area contributed by atoms with Crippen LogP contribution in [0, 0.1) is 13.8 Å². The maximum atomic E-state index is 4.50. The Morgan fingerprint density at radius 3 is 2.38 bits per heavy atom. The lowest BCUT2D eigenvalue weighted by molar-refractivity contribution is 0.864. The van der Waals surface area contributed by atoms with E-state index in [4.69, 9.17) is 0 Å². The summed E-state index contributed by atoms with van der Waals surface area (Å²) >= 11 is 0. The summed E-state index contributed by atoms with van der Waals surface area (Å²) < 4.78 is 1.85. The molecule has 24 heavy (non-hydrogen) atoms. The summed E-state index contributed by atoms with van der Waals surface area (Å²) in [6.07, 6.45) is 3.39. The molecule has 0 amide bonds. The number of nitrogens with zero attached hydrogens (tertiary/aromatic N) is 4. The zero-order valence-electron chi connectivity index (χ0n) is 13.6. The van der Waals surface area contributed by atoms with Crippen molar-refractivity contribution in [1.29, 1.82) is 0 Å². The SMILES string of the molecule is Cc1cccc(C)c1-n1ncnc1-c1ncc(-c2ccccc2)[nH]1. The maximum Gasteiger partial charge on any atom is 0.199 e. The van der Waals surface area contributed by atoms with Crippen LogP contribution in [0.15, 0.2) is 61.1 Å². The Morgan fingerprint density at radius 2 is 1.62 bits per heavy atom. The molecule has 5 nitrogen and oxygen atoms in total. The highest BCUT2D eigenvalue weighted by Crippen LogP contribution is 2.25. The molecular weight excluding hydrogens is 298 g/mol. The van der Waals surface area contributed by atoms with Gasteiger partial charge in [-0.1, -0.05) is 48.5 Å². The first-order chi connectivity index (χ1) is 11.7. The number of H-pyrrole nitrogens is 1. The van der Waals surface area contributed by atoms with E-state index in [1.165, 1.54) is 0 Å². The van der Waals surface area contributed by atoms with Gasteiger partial charge >= 0.3 is 0 Å². The molecule has 0 unspecified atom stereocenters. The van der Waals surface area contributed by atoms with Gasteiger partial charge in [-0.15, -0.1) is 0 Å². The molecule has 2 aromatic heterocycles. The summed E-state index contributed by atoms with van der Waals surface area (Å²) in [6, 6.07) is 16.3. The zero-order chi connectivity index (χ0) is 16.5. The Morgan fingerprint density at radius 1 is 0.875 bits per heavy atom. The van der Waals surface area contributed by atoms with Crippen molar-refractivity contribution < 1.29 is 0 Å². The van der Waals surface area contributed by atoms with Crippen LogP contribution >= 0.6 is 0 Å². The molecule has 0 aliphatic carbocycles. The van der Waals surface area contributed by atoms with E-state index in [2.05, 4.69) is 46.0 Å². The molecule has 1 N–H and O–H groups in total. The lowest BCUT2D eigenvalue weighted by atomic mass is 10.1. The number of imidazole rings is 1. The fourth-order valence-corrected chi connectivity index (χ4v) is 2.91. The highest BCUT2D eigenvalue weighted by molar-refractivity contribution is 5.62. The first-order valence-electron chi connectivity index (χ1n) is 7.81. The van der Waals surface area contributed by atoms with E-state index < -0.39 is 0 Å². The molecule has 0 aliphatic rings. The number of nitrogens with one attached hydrogen (secondary N) is 1. The molecule has 0 fully saturated rings. The van der Waals surface area contributed by atoms with Crippen LogP contribution in [0.3, 0.4) is 0 Å². The van der Waals surface area contributed by atoms with E-state index in [9.17, 15) is 0 Å². The van der Waals surface area contributed by atoms with Crippen molar-refractivity contribution in [1.82, 2.24) is 24.7 Å². The van der Waals surface area contributed by atoms with Gasteiger partial charge in [0.25, 0.3) is 0 Å². The fraction of sp³-hybridized carbons (Fsp3) is 0.105. The largest absolute Gasteiger partial charge is 0.335 e. The molecule has 118 valence electrons. The molecule has 0 saturated heterocycles. The third-order valence-corrected chi connectivity index (χ3v) is 4.07. The smallest absolute Gasteiger partial charge is 0.199 e. The summed E-state index contributed by atoms with van der Waals surface area (Å²) in [5.74, 6) is 1.41. The summed E-state index contributed by atoms with van der Waals surface area (Å²) in [4.78, 5) is 12.3. The second kappa shape index (κ2) is 5.77. The van der Waals surface area contributed by atoms with Crippen molar-refractivity contribution in [2.45, 2.75) is 13.8 Å². The zero-order valence-corrected chi connectivity index (χ0v) is 13.6. The predicted octanol–water partition coefficient (Wildman–Crippen LogP) is 3.94. The highest BCUT2D eigenvalue weighted by Gasteiger charge is 2.16. The average molecular weight is 315 g/mol. The first-order valence-corrected chi connectivity index (χ1v) is 7.81. The van der Waals surface area contributed by atoms with E-state index in [0.29, 0.717) is 11.6 Å². The van der Waals surface area contributed by atoms with Gasteiger partial charge in [-0.2, -0.15) is 5.10 Å². The Balaban J connectivity index is 1.80. The molecule has 2 heterocycles. The Bertz CT molecular complexity index is 962. The van der Waals surface area contributed by atoms with Gasteiger partial charge in [-0.3, -0.25) is 0 Å². The van der Waals surface area contributed by atoms with E-state index in [1.807, 2.05) is 47.3 Å². The van der Waals surface area contributed by atoms with E-state index in [0.717, 1.165) is 28.1 Å². The van der Waals surface area contributed by atoms with Gasteiger partial charge in [-0.05, 0) is 30.5 Å². The molecule has 0 spiro atoms. The molecule has 0 atom stereocenters. The van der Waals surface area contributed by atoms with Crippen LogP contribution in [0.2, 0.25) is 0 Å². The monoisotopic (exact) mass is 315 g/mol. The molecule has 4 aromatic rings. The van der Waals surface area contributed by atoms with Gasteiger partial charge < -0.3 is 4.98 Å². The Kier molecular flexibility index (Phi) is 3.46. The summed E-state index contributed by atoms with van der Waals surface area (Å²) in [5, 5.41) is 4.41. The second-order valence-corrected chi connectivity index (χ2v) is 5.75. The minimum absolute atomic E-state index is 0.703. The van der Waals surface area contributed by atoms with Gasteiger partial charge in [0, 0.05) is 0 Å². The average Bonchev–Trinajstić information content (AvgIpc) is 3.24. The number of hydrogen-bond acceptors (Lipinski definition) is 3. The minimum Gasteiger partial charge on any atom is -0.335 e. The topological polar surface area (TPSA) is 59.4 Å². The number of benzene rings is 2. The number of aromatic amines is 1. The number of aromatic nitrogens is 5. The van der Waals surface area contributed by atoms with Crippen LogP contribution in [0.4, 0.5) is 0 Å². The Hall–Kier alpha value is -3.21. The van der Waals surface area contributed by atoms with Gasteiger partial charge in [0.2, 0.25) is 0 Å². The molecule has 4 rings (SSSR count). The lowest BCUT2D eigenvalue weighted by Gasteiger charge is -2.11. The molecule has 5 heteroatoms. The maximum absolute atomic E-state index is 4.50. The van der Waals surface area contributed by atoms with Crippen molar-refractivity contribution in [3.63, 3.8) is 0 Å². The predicted molar refractivity (Wildman–Crippen MR) is 93.9 cm³/mol. The first kappa shape index (κ1) is 14.4. The van der Waals surface area contributed by atoms with Crippen molar-refractivity contribution in [2.24, 2.45) is 0 Å². The number of hydrogen-bond donors (Lipinski definition) is 1. The number of rotatable bonds is 3. The van der Waals surface area contributed by atoms with Gasteiger partial charge in [0.15, 0.2) is 11.6 Å². The fourth-order valence-electron chi connectivity index (χ4n) is 2.91. The van der Waals surface area contributed by atoms with Crippen LogP contribution < -0.4 is 0 Å². The van der Waals surface area contributed by atoms with Crippen molar-refractivity contribution in [2.75, 3.05) is 0 Å². The summed E-state index contributed by atoms with van der Waals surface area (Å²) in [5.41, 5.74) is 5.40. The lowest BCUT2D eigenvalue weighted by Crippen LogP contribution is -2.04. The summed E-state index contributed by atoms with van der Waals surface area (Å²) in [7, 11) is 0. The van der Waals surface area contributed by atoms with Crippen LogP contribution in [-0.4, -0.2) is 24.7 Å². The second-order valence-electron chi connectivity index (χ2n) is 5.75. The summed E-state index contributed by atoms with van der Waals surface area (Å²) in [6.45, 7) is 4.15. The van der Waals surface area contributed by atoms with Crippen molar-refractivity contribution in [3.8, 4) is 28.6 Å². The van der Waals surface area contributed by atoms with Gasteiger partial charge in [0.05, 0.1) is 17.6 Å².